The molecule has 0 spiro atoms. The van der Waals surface area contributed by atoms with Crippen molar-refractivity contribution >= 4 is 23.4 Å². The van der Waals surface area contributed by atoms with Crippen LogP contribution in [0, 0.1) is 0 Å². The highest BCUT2D eigenvalue weighted by molar-refractivity contribution is 8.00. The van der Waals surface area contributed by atoms with Crippen molar-refractivity contribution in [2.75, 3.05) is 5.32 Å². The third-order valence-corrected chi connectivity index (χ3v) is 3.81. The zero-order valence-corrected chi connectivity index (χ0v) is 12.4. The van der Waals surface area contributed by atoms with Crippen LogP contribution in [0.25, 0.3) is 0 Å². The number of aryl methyl sites for hydroxylation is 1. The van der Waals surface area contributed by atoms with Crippen LogP contribution in [-0.2, 0) is 11.2 Å². The Labute approximate surface area is 123 Å². The molecule has 0 aliphatic heterocycles. The second-order valence-corrected chi connectivity index (χ2v) is 5.64. The van der Waals surface area contributed by atoms with Gasteiger partial charge in [0.05, 0.1) is 5.25 Å². The number of carbonyl (C=O) groups excluding carboxylic acids is 1. The van der Waals surface area contributed by atoms with Gasteiger partial charge in [-0.15, -0.1) is 0 Å². The normalized spacial score (nSPS) is 11.9. The molecule has 2 rings (SSSR count). The standard InChI is InChI=1S/C15H17N3OS/c1-3-12-5-7-13(8-6-12)18-14(19)11(2)20-15-16-9-4-10-17-15/h4-11H,3H2,1-2H3,(H,18,19). The molecule has 1 N–H and O–H groups in total. The minimum absolute atomic E-state index is 0.0494. The average molecular weight is 287 g/mol. The topological polar surface area (TPSA) is 54.9 Å². The maximum atomic E-state index is 12.1. The molecule has 0 radical (unpaired) electrons. The molecule has 0 saturated heterocycles. The molecule has 2 aromatic rings. The molecule has 4 nitrogen and oxygen atoms in total. The van der Waals surface area contributed by atoms with Gasteiger partial charge in [-0.25, -0.2) is 9.97 Å². The van der Waals surface area contributed by atoms with Crippen LogP contribution in [0.2, 0.25) is 0 Å². The van der Waals surface area contributed by atoms with Crippen LogP contribution >= 0.6 is 11.8 Å². The van der Waals surface area contributed by atoms with Crippen LogP contribution in [-0.4, -0.2) is 21.1 Å². The molecule has 104 valence electrons. The molecule has 1 unspecified atom stereocenters. The van der Waals surface area contributed by atoms with Gasteiger partial charge in [0.15, 0.2) is 5.16 Å². The number of carbonyl (C=O) groups is 1. The van der Waals surface area contributed by atoms with Crippen molar-refractivity contribution in [2.24, 2.45) is 0 Å². The van der Waals surface area contributed by atoms with E-state index >= 15 is 0 Å². The first-order valence-electron chi connectivity index (χ1n) is 6.52. The summed E-state index contributed by atoms with van der Waals surface area (Å²) in [5.41, 5.74) is 2.07. The summed E-state index contributed by atoms with van der Waals surface area (Å²) in [6.07, 6.45) is 4.33. The number of hydrogen-bond acceptors (Lipinski definition) is 4. The first-order valence-corrected chi connectivity index (χ1v) is 7.40. The Bertz CT molecular complexity index is 557. The van der Waals surface area contributed by atoms with E-state index in [4.69, 9.17) is 0 Å². The smallest absolute Gasteiger partial charge is 0.237 e. The molecule has 0 bridgehead atoms. The number of benzene rings is 1. The highest BCUT2D eigenvalue weighted by Crippen LogP contribution is 2.20. The van der Waals surface area contributed by atoms with Crippen molar-refractivity contribution in [3.8, 4) is 0 Å². The molecule has 0 fully saturated rings. The summed E-state index contributed by atoms with van der Waals surface area (Å²) in [7, 11) is 0. The zero-order chi connectivity index (χ0) is 14.4. The SMILES string of the molecule is CCc1ccc(NC(=O)C(C)Sc2ncccn2)cc1. The van der Waals surface area contributed by atoms with Gasteiger partial charge in [0, 0.05) is 18.1 Å². The van der Waals surface area contributed by atoms with Gasteiger partial charge >= 0.3 is 0 Å². The monoisotopic (exact) mass is 287 g/mol. The van der Waals surface area contributed by atoms with E-state index in [0.29, 0.717) is 5.16 Å². The van der Waals surface area contributed by atoms with Gasteiger partial charge in [-0.3, -0.25) is 4.79 Å². The van der Waals surface area contributed by atoms with Crippen LogP contribution in [0.4, 0.5) is 5.69 Å². The van der Waals surface area contributed by atoms with Crippen LogP contribution < -0.4 is 5.32 Å². The number of nitrogens with one attached hydrogen (secondary N) is 1. The molecule has 1 amide bonds. The van der Waals surface area contributed by atoms with Gasteiger partial charge < -0.3 is 5.32 Å². The Morgan fingerprint density at radius 2 is 1.90 bits per heavy atom. The van der Waals surface area contributed by atoms with E-state index in [1.165, 1.54) is 17.3 Å². The number of amides is 1. The summed E-state index contributed by atoms with van der Waals surface area (Å²) in [4.78, 5) is 20.3. The number of anilines is 1. The zero-order valence-electron chi connectivity index (χ0n) is 11.5. The van der Waals surface area contributed by atoms with E-state index in [9.17, 15) is 4.79 Å². The lowest BCUT2D eigenvalue weighted by molar-refractivity contribution is -0.115. The molecule has 5 heteroatoms. The van der Waals surface area contributed by atoms with Crippen LogP contribution in [0.1, 0.15) is 19.4 Å². The highest BCUT2D eigenvalue weighted by Gasteiger charge is 2.15. The van der Waals surface area contributed by atoms with Gasteiger partial charge in [-0.05, 0) is 37.1 Å². The molecule has 1 atom stereocenters. The summed E-state index contributed by atoms with van der Waals surface area (Å²) < 4.78 is 0. The molecule has 0 saturated carbocycles. The van der Waals surface area contributed by atoms with Gasteiger partial charge in [-0.1, -0.05) is 30.8 Å². The lowest BCUT2D eigenvalue weighted by Crippen LogP contribution is -2.22. The minimum Gasteiger partial charge on any atom is -0.325 e. The molecule has 1 aromatic carbocycles. The predicted octanol–water partition coefficient (Wildman–Crippen LogP) is 3.16. The lowest BCUT2D eigenvalue weighted by atomic mass is 10.1. The first-order chi connectivity index (χ1) is 9.69. The molecule has 0 aliphatic carbocycles. The number of hydrogen-bond donors (Lipinski definition) is 1. The van der Waals surface area contributed by atoms with Crippen molar-refractivity contribution in [2.45, 2.75) is 30.7 Å². The van der Waals surface area contributed by atoms with Gasteiger partial charge in [0.1, 0.15) is 0 Å². The van der Waals surface area contributed by atoms with Gasteiger partial charge in [-0.2, -0.15) is 0 Å². The minimum atomic E-state index is -0.247. The molecular formula is C15H17N3OS. The second kappa shape index (κ2) is 7.05. The van der Waals surface area contributed by atoms with E-state index < -0.39 is 0 Å². The number of nitrogens with zero attached hydrogens (tertiary/aromatic N) is 2. The van der Waals surface area contributed by atoms with Crippen molar-refractivity contribution in [3.05, 3.63) is 48.3 Å². The van der Waals surface area contributed by atoms with Crippen LogP contribution in [0.3, 0.4) is 0 Å². The molecule has 0 aliphatic rings. The summed E-state index contributed by atoms with van der Waals surface area (Å²) in [5, 5.41) is 3.26. The number of thioether (sulfide) groups is 1. The molecular weight excluding hydrogens is 270 g/mol. The maximum absolute atomic E-state index is 12.1. The van der Waals surface area contributed by atoms with Gasteiger partial charge in [0.2, 0.25) is 5.91 Å². The number of aromatic nitrogens is 2. The first kappa shape index (κ1) is 14.5. The fraction of sp³-hybridized carbons (Fsp3) is 0.267. The van der Waals surface area contributed by atoms with E-state index in [-0.39, 0.29) is 11.2 Å². The maximum Gasteiger partial charge on any atom is 0.237 e. The third-order valence-electron chi connectivity index (χ3n) is 2.82. The summed E-state index contributed by atoms with van der Waals surface area (Å²) in [6, 6.07) is 9.64. The Morgan fingerprint density at radius 1 is 1.25 bits per heavy atom. The number of rotatable bonds is 5. The van der Waals surface area contributed by atoms with Crippen LogP contribution in [0.5, 0.6) is 0 Å². The fourth-order valence-electron chi connectivity index (χ4n) is 1.63. The fourth-order valence-corrected chi connectivity index (χ4v) is 2.35. The lowest BCUT2D eigenvalue weighted by Gasteiger charge is -2.11. The Morgan fingerprint density at radius 3 is 2.50 bits per heavy atom. The van der Waals surface area contributed by atoms with E-state index in [1.54, 1.807) is 18.5 Å². The second-order valence-electron chi connectivity index (χ2n) is 4.33. The van der Waals surface area contributed by atoms with Crippen molar-refractivity contribution in [3.63, 3.8) is 0 Å². The Hall–Kier alpha value is -1.88. The van der Waals surface area contributed by atoms with Crippen LogP contribution in [0.15, 0.2) is 47.9 Å². The summed E-state index contributed by atoms with van der Waals surface area (Å²) in [6.45, 7) is 3.95. The molecule has 1 heterocycles. The Balaban J connectivity index is 1.93. The summed E-state index contributed by atoms with van der Waals surface area (Å²) in [5.74, 6) is -0.0494. The molecule has 20 heavy (non-hydrogen) atoms. The van der Waals surface area contributed by atoms with E-state index in [2.05, 4.69) is 22.2 Å². The summed E-state index contributed by atoms with van der Waals surface area (Å²) >= 11 is 1.34. The van der Waals surface area contributed by atoms with E-state index in [1.807, 2.05) is 31.2 Å². The largest absolute Gasteiger partial charge is 0.325 e. The highest BCUT2D eigenvalue weighted by atomic mass is 32.2. The van der Waals surface area contributed by atoms with Crippen molar-refractivity contribution in [1.29, 1.82) is 0 Å². The third kappa shape index (κ3) is 4.06. The van der Waals surface area contributed by atoms with Crippen molar-refractivity contribution in [1.82, 2.24) is 9.97 Å². The van der Waals surface area contributed by atoms with Crippen molar-refractivity contribution < 1.29 is 4.79 Å². The molecule has 1 aromatic heterocycles. The van der Waals surface area contributed by atoms with Gasteiger partial charge in [0.25, 0.3) is 0 Å². The average Bonchev–Trinajstić information content (AvgIpc) is 2.49. The Kier molecular flexibility index (Phi) is 5.12. The quantitative estimate of drug-likeness (QED) is 0.678. The predicted molar refractivity (Wildman–Crippen MR) is 81.8 cm³/mol. The van der Waals surface area contributed by atoms with E-state index in [0.717, 1.165) is 12.1 Å².